The summed E-state index contributed by atoms with van der Waals surface area (Å²) in [6.45, 7) is -0.593. The Balaban J connectivity index is 1.17. The molecule has 11 nitrogen and oxygen atoms in total. The number of hydrogen-bond acceptors (Lipinski definition) is 7. The Morgan fingerprint density at radius 2 is 1.85 bits per heavy atom. The molecular formula is C25H28F3N7O4. The Kier molecular flexibility index (Phi) is 6.42. The molecule has 0 unspecified atom stereocenters. The Labute approximate surface area is 221 Å². The molecule has 2 aromatic rings. The fourth-order valence-electron chi connectivity index (χ4n) is 5.39. The minimum absolute atomic E-state index is 0.0334. The lowest BCUT2D eigenvalue weighted by Gasteiger charge is -2.27. The highest BCUT2D eigenvalue weighted by Crippen LogP contribution is 2.51. The van der Waals surface area contributed by atoms with Gasteiger partial charge >= 0.3 is 12.2 Å². The van der Waals surface area contributed by atoms with E-state index in [1.54, 1.807) is 6.07 Å². The van der Waals surface area contributed by atoms with Gasteiger partial charge in [-0.15, -0.1) is 0 Å². The van der Waals surface area contributed by atoms with Gasteiger partial charge in [0.25, 0.3) is 5.91 Å². The van der Waals surface area contributed by atoms with Gasteiger partial charge in [-0.2, -0.15) is 13.2 Å². The van der Waals surface area contributed by atoms with Crippen LogP contribution in [0.4, 0.5) is 23.8 Å². The van der Waals surface area contributed by atoms with Crippen LogP contribution in [0, 0.1) is 17.8 Å². The molecular weight excluding hydrogens is 519 g/mol. The first-order chi connectivity index (χ1) is 18.7. The number of rotatable bonds is 10. The quantitative estimate of drug-likeness (QED) is 0.415. The van der Waals surface area contributed by atoms with E-state index in [-0.39, 0.29) is 29.9 Å². The van der Waals surface area contributed by atoms with Crippen LogP contribution in [0.2, 0.25) is 0 Å². The number of alkyl halides is 3. The molecule has 2 atom stereocenters. The number of urea groups is 1. The average Bonchev–Trinajstić information content (AvgIpc) is 3.78. The molecule has 4 amide bonds. The van der Waals surface area contributed by atoms with Crippen LogP contribution in [-0.4, -0.2) is 62.8 Å². The zero-order valence-corrected chi connectivity index (χ0v) is 20.9. The van der Waals surface area contributed by atoms with E-state index >= 15 is 0 Å². The lowest BCUT2D eigenvalue weighted by Crippen LogP contribution is -2.50. The number of carbonyl (C=O) groups excluding carboxylic acids is 3. The van der Waals surface area contributed by atoms with E-state index in [4.69, 9.17) is 4.63 Å². The number of hydrogen-bond donors (Lipinski definition) is 3. The van der Waals surface area contributed by atoms with Crippen LogP contribution in [0.5, 0.6) is 0 Å². The van der Waals surface area contributed by atoms with Crippen LogP contribution in [0.15, 0.2) is 23.0 Å². The molecule has 2 aromatic heterocycles. The molecule has 3 N–H and O–H groups in total. The number of nitrogens with one attached hydrogen (secondary N) is 3. The summed E-state index contributed by atoms with van der Waals surface area (Å²) in [5.74, 6) is 0.0125. The normalized spacial score (nSPS) is 22.1. The van der Waals surface area contributed by atoms with Crippen LogP contribution in [0.1, 0.15) is 66.2 Å². The number of carbonyl (C=O) groups is 3. The lowest BCUT2D eigenvalue weighted by atomic mass is 9.88. The SMILES string of the molecule is O=C(N[C@H](C(=O)Nc1cc(CN2C[C@@H](C(F)(F)F)NC2=O)ccn1)C(C1CC1)C1CC1)c1nonc1C1CC1. The Bertz CT molecular complexity index is 1260. The molecule has 39 heavy (non-hydrogen) atoms. The topological polar surface area (TPSA) is 142 Å². The van der Waals surface area contributed by atoms with Crippen molar-refractivity contribution in [3.63, 3.8) is 0 Å². The zero-order valence-electron chi connectivity index (χ0n) is 20.9. The first-order valence-corrected chi connectivity index (χ1v) is 13.2. The molecule has 6 rings (SSSR count). The van der Waals surface area contributed by atoms with Crippen molar-refractivity contribution in [2.24, 2.45) is 17.8 Å². The fourth-order valence-corrected chi connectivity index (χ4v) is 5.39. The minimum Gasteiger partial charge on any atom is -0.338 e. The van der Waals surface area contributed by atoms with Gasteiger partial charge in [0, 0.05) is 18.7 Å². The summed E-state index contributed by atoms with van der Waals surface area (Å²) < 4.78 is 43.9. The van der Waals surface area contributed by atoms with Gasteiger partial charge in [-0.1, -0.05) is 5.16 Å². The van der Waals surface area contributed by atoms with E-state index in [0.29, 0.717) is 23.1 Å². The van der Waals surface area contributed by atoms with Gasteiger partial charge in [0.1, 0.15) is 23.6 Å². The molecule has 0 radical (unpaired) electrons. The van der Waals surface area contributed by atoms with Crippen molar-refractivity contribution in [2.75, 3.05) is 11.9 Å². The van der Waals surface area contributed by atoms with Gasteiger partial charge in [-0.25, -0.2) is 14.4 Å². The highest BCUT2D eigenvalue weighted by atomic mass is 19.4. The second-order valence-electron chi connectivity index (χ2n) is 10.9. The second-order valence-corrected chi connectivity index (χ2v) is 10.9. The third kappa shape index (κ3) is 5.69. The predicted octanol–water partition coefficient (Wildman–Crippen LogP) is 2.97. The summed E-state index contributed by atoms with van der Waals surface area (Å²) in [6, 6.07) is -0.494. The summed E-state index contributed by atoms with van der Waals surface area (Å²) >= 11 is 0. The first kappa shape index (κ1) is 25.6. The molecule has 4 fully saturated rings. The molecule has 4 aliphatic rings. The highest BCUT2D eigenvalue weighted by Gasteiger charge is 2.49. The standard InChI is InChI=1S/C25H28F3N7O4/c26-25(27,28)16-11-35(24(38)30-16)10-12-7-8-29-17(9-12)31-22(36)20(18(13-1-2-13)14-3-4-14)32-23(37)21-19(15-5-6-15)33-39-34-21/h7-9,13-16,18,20H,1-6,10-11H2,(H,30,38)(H,32,37)(H,29,31,36)/t16-,20-/m0/s1. The molecule has 1 saturated heterocycles. The molecule has 3 heterocycles. The van der Waals surface area contributed by atoms with Crippen molar-refractivity contribution in [3.8, 4) is 0 Å². The monoisotopic (exact) mass is 547 g/mol. The zero-order chi connectivity index (χ0) is 27.3. The largest absolute Gasteiger partial charge is 0.410 e. The number of nitrogens with zero attached hydrogens (tertiary/aromatic N) is 4. The number of pyridine rings is 1. The highest BCUT2D eigenvalue weighted by molar-refractivity contribution is 6.00. The number of halogens is 3. The predicted molar refractivity (Wildman–Crippen MR) is 128 cm³/mol. The van der Waals surface area contributed by atoms with Crippen LogP contribution in [-0.2, 0) is 11.3 Å². The Hall–Kier alpha value is -3.71. The van der Waals surface area contributed by atoms with Crippen molar-refractivity contribution in [1.29, 1.82) is 0 Å². The maximum atomic E-state index is 13.6. The molecule has 14 heteroatoms. The molecule has 3 saturated carbocycles. The molecule has 3 aliphatic carbocycles. The maximum absolute atomic E-state index is 13.6. The van der Waals surface area contributed by atoms with Crippen molar-refractivity contribution in [1.82, 2.24) is 30.8 Å². The molecule has 0 bridgehead atoms. The molecule has 208 valence electrons. The molecule has 0 aromatic carbocycles. The van der Waals surface area contributed by atoms with E-state index in [0.717, 1.165) is 43.4 Å². The molecule has 1 aliphatic heterocycles. The van der Waals surface area contributed by atoms with Gasteiger partial charge < -0.3 is 20.9 Å². The second kappa shape index (κ2) is 9.79. The van der Waals surface area contributed by atoms with Gasteiger partial charge in [0.15, 0.2) is 5.69 Å². The van der Waals surface area contributed by atoms with E-state index in [2.05, 4.69) is 25.9 Å². The van der Waals surface area contributed by atoms with Crippen LogP contribution >= 0.6 is 0 Å². The van der Waals surface area contributed by atoms with Crippen LogP contribution in [0.25, 0.3) is 0 Å². The maximum Gasteiger partial charge on any atom is 0.410 e. The summed E-state index contributed by atoms with van der Waals surface area (Å²) in [5.41, 5.74) is 1.11. The summed E-state index contributed by atoms with van der Waals surface area (Å²) in [4.78, 5) is 44.1. The van der Waals surface area contributed by atoms with Gasteiger partial charge in [0.2, 0.25) is 5.91 Å². The van der Waals surface area contributed by atoms with Crippen LogP contribution < -0.4 is 16.0 Å². The van der Waals surface area contributed by atoms with Crippen molar-refractivity contribution in [3.05, 3.63) is 35.3 Å². The average molecular weight is 548 g/mol. The minimum atomic E-state index is -4.54. The van der Waals surface area contributed by atoms with Crippen molar-refractivity contribution >= 4 is 23.7 Å². The smallest absolute Gasteiger partial charge is 0.338 e. The van der Waals surface area contributed by atoms with Crippen molar-refractivity contribution < 1.29 is 32.2 Å². The van der Waals surface area contributed by atoms with Crippen LogP contribution in [0.3, 0.4) is 0 Å². The van der Waals surface area contributed by atoms with E-state index in [9.17, 15) is 27.6 Å². The Morgan fingerprint density at radius 1 is 1.13 bits per heavy atom. The van der Waals surface area contributed by atoms with E-state index in [1.165, 1.54) is 12.3 Å². The Morgan fingerprint density at radius 3 is 2.46 bits per heavy atom. The summed E-state index contributed by atoms with van der Waals surface area (Å²) in [5, 5.41) is 15.3. The van der Waals surface area contributed by atoms with E-state index < -0.39 is 42.7 Å². The van der Waals surface area contributed by atoms with Gasteiger partial charge in [-0.05, 0) is 79.1 Å². The third-order valence-corrected chi connectivity index (χ3v) is 7.81. The summed E-state index contributed by atoms with van der Waals surface area (Å²) in [6.07, 6.45) is 2.65. The van der Waals surface area contributed by atoms with Crippen molar-refractivity contribution in [2.45, 2.75) is 69.2 Å². The van der Waals surface area contributed by atoms with Gasteiger partial charge in [0.05, 0.1) is 6.54 Å². The number of anilines is 1. The number of amides is 4. The first-order valence-electron chi connectivity index (χ1n) is 13.2. The fraction of sp³-hybridized carbons (Fsp3) is 0.600. The lowest BCUT2D eigenvalue weighted by molar-refractivity contribution is -0.149. The molecule has 0 spiro atoms. The summed E-state index contributed by atoms with van der Waals surface area (Å²) in [7, 11) is 0. The van der Waals surface area contributed by atoms with Gasteiger partial charge in [-0.3, -0.25) is 9.59 Å². The number of aromatic nitrogens is 3. The third-order valence-electron chi connectivity index (χ3n) is 7.81. The van der Waals surface area contributed by atoms with E-state index in [1.807, 2.05) is 5.32 Å².